The second-order valence-corrected chi connectivity index (χ2v) is 10.6. The fourth-order valence-corrected chi connectivity index (χ4v) is 5.47. The Kier molecular flexibility index (Phi) is 7.46. The molecule has 0 aliphatic carbocycles. The molecule has 3 aliphatic rings. The standard InChI is InChI=1S/C27H36F2N6O2/c1-17(2)30-25-26(34-12-8-19(9-13-34)37-24-7-6-18(28)15-20(24)29)32-21-10-14-35(16-22(21)31-25)27(36)23-5-4-11-33(23)3/h6-7,15,17,19,23H,4-5,8-14,16H2,1-3H3,(H,30,31)/t23-/m0/s1. The molecule has 0 bridgehead atoms. The van der Waals surface area contributed by atoms with Gasteiger partial charge >= 0.3 is 0 Å². The number of likely N-dealkylation sites (tertiary alicyclic amines) is 1. The van der Waals surface area contributed by atoms with Crippen molar-refractivity contribution in [3.05, 3.63) is 41.2 Å². The van der Waals surface area contributed by atoms with Gasteiger partial charge in [-0.05, 0) is 52.4 Å². The highest BCUT2D eigenvalue weighted by atomic mass is 19.1. The van der Waals surface area contributed by atoms with Crippen LogP contribution in [0.5, 0.6) is 5.75 Å². The Balaban J connectivity index is 1.29. The van der Waals surface area contributed by atoms with E-state index in [2.05, 4.69) is 29.0 Å². The normalized spacial score (nSPS) is 20.9. The molecule has 1 amide bonds. The summed E-state index contributed by atoms with van der Waals surface area (Å²) in [6.07, 6.45) is 3.88. The summed E-state index contributed by atoms with van der Waals surface area (Å²) in [4.78, 5) is 29.4. The Morgan fingerprint density at radius 2 is 1.86 bits per heavy atom. The number of anilines is 2. The van der Waals surface area contributed by atoms with Crippen LogP contribution in [-0.2, 0) is 17.8 Å². The first kappa shape index (κ1) is 25.6. The van der Waals surface area contributed by atoms with Gasteiger partial charge in [0.25, 0.3) is 0 Å². The third-order valence-electron chi connectivity index (χ3n) is 7.46. The highest BCUT2D eigenvalue weighted by Gasteiger charge is 2.34. The van der Waals surface area contributed by atoms with Crippen molar-refractivity contribution in [2.24, 2.45) is 0 Å². The molecule has 1 aromatic heterocycles. The minimum atomic E-state index is -0.682. The fraction of sp³-hybridized carbons (Fsp3) is 0.593. The van der Waals surface area contributed by atoms with Crippen LogP contribution in [0.3, 0.4) is 0 Å². The molecule has 37 heavy (non-hydrogen) atoms. The van der Waals surface area contributed by atoms with Crippen LogP contribution in [0.4, 0.5) is 20.4 Å². The lowest BCUT2D eigenvalue weighted by Crippen LogP contribution is -2.46. The number of carbonyl (C=O) groups excluding carboxylic acids is 1. The minimum absolute atomic E-state index is 0.0334. The molecule has 3 aliphatic heterocycles. The fourth-order valence-electron chi connectivity index (χ4n) is 5.47. The molecule has 4 heterocycles. The maximum absolute atomic E-state index is 14.0. The van der Waals surface area contributed by atoms with E-state index in [-0.39, 0.29) is 29.8 Å². The number of amides is 1. The average Bonchev–Trinajstić information content (AvgIpc) is 3.30. The van der Waals surface area contributed by atoms with Gasteiger partial charge in [0, 0.05) is 51.0 Å². The molecule has 1 N–H and O–H groups in total. The summed E-state index contributed by atoms with van der Waals surface area (Å²) < 4.78 is 33.1. The molecule has 1 atom stereocenters. The lowest BCUT2D eigenvalue weighted by molar-refractivity contribution is -0.136. The topological polar surface area (TPSA) is 73.8 Å². The van der Waals surface area contributed by atoms with Gasteiger partial charge in [-0.3, -0.25) is 9.69 Å². The number of hydrogen-bond acceptors (Lipinski definition) is 7. The largest absolute Gasteiger partial charge is 0.487 e. The maximum Gasteiger partial charge on any atom is 0.240 e. The Morgan fingerprint density at radius 1 is 1.08 bits per heavy atom. The van der Waals surface area contributed by atoms with Crippen LogP contribution >= 0.6 is 0 Å². The number of likely N-dealkylation sites (N-methyl/N-ethyl adjacent to an activating group) is 1. The quantitative estimate of drug-likeness (QED) is 0.632. The molecule has 5 rings (SSSR count). The SMILES string of the molecule is CC(C)Nc1nc2c(nc1N1CCC(Oc3ccc(F)cc3F)CC1)CCN(C(=O)[C@@H]1CCCN1C)C2. The number of hydrogen-bond donors (Lipinski definition) is 1. The molecule has 2 fully saturated rings. The van der Waals surface area contributed by atoms with E-state index in [0.29, 0.717) is 45.4 Å². The van der Waals surface area contributed by atoms with Crippen LogP contribution in [0.15, 0.2) is 18.2 Å². The van der Waals surface area contributed by atoms with Crippen molar-refractivity contribution in [1.82, 2.24) is 19.8 Å². The summed E-state index contributed by atoms with van der Waals surface area (Å²) in [5.74, 6) is 0.514. The van der Waals surface area contributed by atoms with E-state index >= 15 is 0 Å². The maximum atomic E-state index is 14.0. The van der Waals surface area contributed by atoms with Crippen molar-refractivity contribution < 1.29 is 18.3 Å². The molecular formula is C27H36F2N6O2. The first-order valence-electron chi connectivity index (χ1n) is 13.3. The Hall–Kier alpha value is -3.01. The molecular weight excluding hydrogens is 478 g/mol. The second kappa shape index (κ2) is 10.8. The molecule has 2 aromatic rings. The monoisotopic (exact) mass is 514 g/mol. The van der Waals surface area contributed by atoms with Gasteiger partial charge in [-0.15, -0.1) is 0 Å². The number of nitrogens with zero attached hydrogens (tertiary/aromatic N) is 5. The number of aromatic nitrogens is 2. The molecule has 0 unspecified atom stereocenters. The number of halogens is 2. The van der Waals surface area contributed by atoms with Crippen molar-refractivity contribution in [3.63, 3.8) is 0 Å². The molecule has 10 heteroatoms. The Labute approximate surface area is 217 Å². The van der Waals surface area contributed by atoms with Gasteiger partial charge in [0.2, 0.25) is 5.91 Å². The van der Waals surface area contributed by atoms with Crippen molar-refractivity contribution in [3.8, 4) is 5.75 Å². The van der Waals surface area contributed by atoms with Gasteiger partial charge in [0.05, 0.1) is 24.0 Å². The molecule has 1 aromatic carbocycles. The summed E-state index contributed by atoms with van der Waals surface area (Å²) in [6, 6.07) is 3.53. The predicted molar refractivity (Wildman–Crippen MR) is 138 cm³/mol. The number of rotatable bonds is 6. The number of ether oxygens (including phenoxy) is 1. The molecule has 8 nitrogen and oxygen atoms in total. The third kappa shape index (κ3) is 5.63. The number of fused-ring (bicyclic) bond motifs is 1. The number of carbonyl (C=O) groups is 1. The first-order chi connectivity index (χ1) is 17.8. The summed E-state index contributed by atoms with van der Waals surface area (Å²) in [7, 11) is 2.02. The zero-order valence-electron chi connectivity index (χ0n) is 21.8. The van der Waals surface area contributed by atoms with E-state index in [9.17, 15) is 13.6 Å². The van der Waals surface area contributed by atoms with Crippen LogP contribution in [0.25, 0.3) is 0 Å². The molecule has 0 radical (unpaired) electrons. The highest BCUT2D eigenvalue weighted by molar-refractivity contribution is 5.82. The molecule has 200 valence electrons. The van der Waals surface area contributed by atoms with E-state index in [1.54, 1.807) is 0 Å². The van der Waals surface area contributed by atoms with E-state index < -0.39 is 11.6 Å². The van der Waals surface area contributed by atoms with E-state index in [0.717, 1.165) is 48.5 Å². The van der Waals surface area contributed by atoms with Crippen LogP contribution in [0.2, 0.25) is 0 Å². The lowest BCUT2D eigenvalue weighted by atomic mass is 10.1. The number of nitrogens with one attached hydrogen (secondary N) is 1. The first-order valence-corrected chi connectivity index (χ1v) is 13.3. The third-order valence-corrected chi connectivity index (χ3v) is 7.46. The smallest absolute Gasteiger partial charge is 0.240 e. The Morgan fingerprint density at radius 3 is 2.54 bits per heavy atom. The summed E-state index contributed by atoms with van der Waals surface area (Å²) in [6.45, 7) is 7.60. The van der Waals surface area contributed by atoms with Crippen LogP contribution < -0.4 is 15.0 Å². The minimum Gasteiger partial charge on any atom is -0.487 e. The van der Waals surface area contributed by atoms with Crippen molar-refractivity contribution >= 4 is 17.5 Å². The van der Waals surface area contributed by atoms with Gasteiger partial charge in [0.15, 0.2) is 23.2 Å². The van der Waals surface area contributed by atoms with Gasteiger partial charge in [-0.2, -0.15) is 0 Å². The van der Waals surface area contributed by atoms with Crippen LogP contribution in [0.1, 0.15) is 50.9 Å². The van der Waals surface area contributed by atoms with Gasteiger partial charge in [-0.25, -0.2) is 18.7 Å². The summed E-state index contributed by atoms with van der Waals surface area (Å²) in [5.41, 5.74) is 1.80. The van der Waals surface area contributed by atoms with Gasteiger partial charge < -0.3 is 19.9 Å². The van der Waals surface area contributed by atoms with Crippen LogP contribution in [-0.4, -0.2) is 77.1 Å². The van der Waals surface area contributed by atoms with Gasteiger partial charge in [-0.1, -0.05) is 0 Å². The number of piperidine rings is 1. The van der Waals surface area contributed by atoms with Crippen molar-refractivity contribution in [2.45, 2.75) is 70.7 Å². The molecule has 0 spiro atoms. The van der Waals surface area contributed by atoms with E-state index in [4.69, 9.17) is 14.7 Å². The highest BCUT2D eigenvalue weighted by Crippen LogP contribution is 2.31. The average molecular weight is 515 g/mol. The zero-order chi connectivity index (χ0) is 26.1. The van der Waals surface area contributed by atoms with Crippen LogP contribution in [0, 0.1) is 11.6 Å². The summed E-state index contributed by atoms with van der Waals surface area (Å²) in [5, 5.41) is 3.45. The van der Waals surface area contributed by atoms with Gasteiger partial charge in [0.1, 0.15) is 11.9 Å². The number of benzene rings is 1. The molecule has 2 saturated heterocycles. The van der Waals surface area contributed by atoms with E-state index in [1.165, 1.54) is 12.1 Å². The molecule has 0 saturated carbocycles. The predicted octanol–water partition coefficient (Wildman–Crippen LogP) is 3.60. The summed E-state index contributed by atoms with van der Waals surface area (Å²) >= 11 is 0. The second-order valence-electron chi connectivity index (χ2n) is 10.6. The van der Waals surface area contributed by atoms with Crippen molar-refractivity contribution in [2.75, 3.05) is 43.4 Å². The van der Waals surface area contributed by atoms with E-state index in [1.807, 2.05) is 11.9 Å². The Bertz CT molecular complexity index is 1140. The zero-order valence-corrected chi connectivity index (χ0v) is 21.8. The lowest BCUT2D eigenvalue weighted by Gasteiger charge is -2.36. The van der Waals surface area contributed by atoms with Crippen molar-refractivity contribution in [1.29, 1.82) is 0 Å².